The maximum Gasteiger partial charge on any atom is 0.326 e. The lowest BCUT2D eigenvalue weighted by molar-refractivity contribution is -0.152. The van der Waals surface area contributed by atoms with E-state index >= 15 is 0 Å². The molecular formula is C19H24N2O4S. The Hall–Kier alpha value is -1.86. The third-order valence-corrected chi connectivity index (χ3v) is 6.55. The van der Waals surface area contributed by atoms with Gasteiger partial charge in [-0.25, -0.2) is 0 Å². The van der Waals surface area contributed by atoms with Gasteiger partial charge in [-0.15, -0.1) is 11.8 Å². The first kappa shape index (κ1) is 18.9. The number of carbonyl (C=O) groups is 3. The van der Waals surface area contributed by atoms with E-state index in [0.717, 1.165) is 27.5 Å². The fourth-order valence-corrected chi connectivity index (χ4v) is 4.73. The van der Waals surface area contributed by atoms with E-state index in [2.05, 4.69) is 12.2 Å². The highest BCUT2D eigenvalue weighted by molar-refractivity contribution is 7.99. The Morgan fingerprint density at radius 3 is 2.50 bits per heavy atom. The van der Waals surface area contributed by atoms with Crippen LogP contribution in [0, 0.1) is 11.8 Å². The maximum atomic E-state index is 12.7. The van der Waals surface area contributed by atoms with Gasteiger partial charge >= 0.3 is 5.97 Å². The Morgan fingerprint density at radius 2 is 1.92 bits per heavy atom. The lowest BCUT2D eigenvalue weighted by atomic mass is 9.80. The van der Waals surface area contributed by atoms with Gasteiger partial charge < -0.3 is 4.74 Å². The molecule has 2 amide bonds. The summed E-state index contributed by atoms with van der Waals surface area (Å²) >= 11 is 1.78. The summed E-state index contributed by atoms with van der Waals surface area (Å²) in [6.45, 7) is 3.78. The summed E-state index contributed by atoms with van der Waals surface area (Å²) < 4.78 is 4.92. The number of methoxy groups -OCH3 is 1. The van der Waals surface area contributed by atoms with Crippen molar-refractivity contribution in [1.29, 1.82) is 0 Å². The van der Waals surface area contributed by atoms with Crippen molar-refractivity contribution in [1.82, 2.24) is 10.2 Å². The number of rotatable bonds is 5. The number of benzene rings is 1. The van der Waals surface area contributed by atoms with Crippen LogP contribution in [0.5, 0.6) is 0 Å². The molecular weight excluding hydrogens is 352 g/mol. The van der Waals surface area contributed by atoms with E-state index in [9.17, 15) is 14.4 Å². The van der Waals surface area contributed by atoms with E-state index < -0.39 is 29.4 Å². The van der Waals surface area contributed by atoms with Gasteiger partial charge in [0.1, 0.15) is 5.54 Å². The Kier molecular flexibility index (Phi) is 5.12. The van der Waals surface area contributed by atoms with E-state index in [0.29, 0.717) is 0 Å². The van der Waals surface area contributed by atoms with Gasteiger partial charge in [-0.3, -0.25) is 24.6 Å². The fourth-order valence-electron chi connectivity index (χ4n) is 3.96. The molecule has 3 rings (SSSR count). The number of hydrogen-bond donors (Lipinski definition) is 1. The van der Waals surface area contributed by atoms with E-state index in [1.54, 1.807) is 18.7 Å². The number of likely N-dealkylation sites (tertiary alicyclic amines) is 1. The molecule has 7 heteroatoms. The predicted octanol–water partition coefficient (Wildman–Crippen LogP) is 2.00. The van der Waals surface area contributed by atoms with Crippen molar-refractivity contribution in [3.63, 3.8) is 0 Å². The van der Waals surface area contributed by atoms with Crippen LogP contribution in [0.3, 0.4) is 0 Å². The van der Waals surface area contributed by atoms with Crippen LogP contribution in [0.2, 0.25) is 0 Å². The summed E-state index contributed by atoms with van der Waals surface area (Å²) in [5.74, 6) is -1.43. The minimum Gasteiger partial charge on any atom is -0.468 e. The zero-order valence-electron chi connectivity index (χ0n) is 15.4. The van der Waals surface area contributed by atoms with E-state index in [-0.39, 0.29) is 11.8 Å². The highest BCUT2D eigenvalue weighted by atomic mass is 32.2. The highest BCUT2D eigenvalue weighted by Crippen LogP contribution is 2.48. The molecule has 26 heavy (non-hydrogen) atoms. The SMILES string of the molecule is CCCSc1ccc(C2N[C@@](C)(C(=O)OC)C3C(=O)N(C)C(=O)C23)cc1. The quantitative estimate of drug-likeness (QED) is 0.481. The van der Waals surface area contributed by atoms with Gasteiger partial charge in [0, 0.05) is 18.0 Å². The molecule has 0 radical (unpaired) electrons. The van der Waals surface area contributed by atoms with Gasteiger partial charge in [0.25, 0.3) is 0 Å². The van der Waals surface area contributed by atoms with Crippen LogP contribution in [-0.2, 0) is 19.1 Å². The van der Waals surface area contributed by atoms with Gasteiger partial charge in [-0.1, -0.05) is 19.1 Å². The number of nitrogens with zero attached hydrogens (tertiary/aromatic N) is 1. The topological polar surface area (TPSA) is 75.7 Å². The molecule has 2 fully saturated rings. The third-order valence-electron chi connectivity index (χ3n) is 5.33. The van der Waals surface area contributed by atoms with E-state index in [1.807, 2.05) is 24.3 Å². The molecule has 1 N–H and O–H groups in total. The Labute approximate surface area is 157 Å². The van der Waals surface area contributed by atoms with Crippen LogP contribution < -0.4 is 5.32 Å². The van der Waals surface area contributed by atoms with Crippen molar-refractivity contribution >= 4 is 29.5 Å². The lowest BCUT2D eigenvalue weighted by Gasteiger charge is -2.27. The molecule has 2 heterocycles. The van der Waals surface area contributed by atoms with Crippen LogP contribution in [0.25, 0.3) is 0 Å². The number of imide groups is 1. The molecule has 1 aromatic rings. The molecule has 3 unspecified atom stereocenters. The largest absolute Gasteiger partial charge is 0.468 e. The van der Waals surface area contributed by atoms with Crippen molar-refractivity contribution in [2.75, 3.05) is 19.9 Å². The normalized spacial score (nSPS) is 30.6. The lowest BCUT2D eigenvalue weighted by Crippen LogP contribution is -2.53. The number of amides is 2. The Balaban J connectivity index is 1.96. The summed E-state index contributed by atoms with van der Waals surface area (Å²) in [5, 5.41) is 3.23. The van der Waals surface area contributed by atoms with Gasteiger partial charge in [0.2, 0.25) is 11.8 Å². The Morgan fingerprint density at radius 1 is 1.27 bits per heavy atom. The summed E-state index contributed by atoms with van der Waals surface area (Å²) in [6.07, 6.45) is 1.10. The average molecular weight is 376 g/mol. The number of esters is 1. The number of nitrogens with one attached hydrogen (secondary N) is 1. The Bertz CT molecular complexity index is 736. The molecule has 1 aromatic carbocycles. The average Bonchev–Trinajstić information content (AvgIpc) is 3.09. The minimum atomic E-state index is -1.22. The van der Waals surface area contributed by atoms with Gasteiger partial charge in [0.05, 0.1) is 18.9 Å². The van der Waals surface area contributed by atoms with Crippen LogP contribution >= 0.6 is 11.8 Å². The summed E-state index contributed by atoms with van der Waals surface area (Å²) in [4.78, 5) is 40.0. The van der Waals surface area contributed by atoms with Gasteiger partial charge in [-0.05, 0) is 36.8 Å². The molecule has 140 valence electrons. The van der Waals surface area contributed by atoms with Crippen molar-refractivity contribution in [2.24, 2.45) is 11.8 Å². The predicted molar refractivity (Wildman–Crippen MR) is 98.5 cm³/mol. The molecule has 0 spiro atoms. The molecule has 0 saturated carbocycles. The van der Waals surface area contributed by atoms with Crippen molar-refractivity contribution in [3.8, 4) is 0 Å². The monoisotopic (exact) mass is 376 g/mol. The molecule has 0 aliphatic carbocycles. The van der Waals surface area contributed by atoms with Gasteiger partial charge in [0.15, 0.2) is 0 Å². The van der Waals surface area contributed by atoms with Crippen molar-refractivity contribution in [3.05, 3.63) is 29.8 Å². The smallest absolute Gasteiger partial charge is 0.326 e. The summed E-state index contributed by atoms with van der Waals surface area (Å²) in [5.41, 5.74) is -0.332. The number of thioether (sulfide) groups is 1. The zero-order chi connectivity index (χ0) is 19.1. The van der Waals surface area contributed by atoms with E-state index in [1.165, 1.54) is 14.2 Å². The standard InChI is InChI=1S/C19H24N2O4S/c1-5-10-26-12-8-6-11(7-9-12)15-13-14(17(23)21(3)16(13)22)19(2,20-15)18(24)25-4/h6-9,13-15,20H,5,10H2,1-4H3/t13?,14?,15?,19-/m1/s1. The molecule has 0 aromatic heterocycles. The highest BCUT2D eigenvalue weighted by Gasteiger charge is 2.66. The summed E-state index contributed by atoms with van der Waals surface area (Å²) in [7, 11) is 2.77. The van der Waals surface area contributed by atoms with Crippen LogP contribution in [0.1, 0.15) is 31.9 Å². The van der Waals surface area contributed by atoms with Crippen molar-refractivity contribution in [2.45, 2.75) is 36.7 Å². The second-order valence-corrected chi connectivity index (χ2v) is 8.14. The van der Waals surface area contributed by atoms with Crippen LogP contribution in [0.15, 0.2) is 29.2 Å². The number of fused-ring (bicyclic) bond motifs is 1. The minimum absolute atomic E-state index is 0.255. The third kappa shape index (κ3) is 2.83. The first-order valence-corrected chi connectivity index (χ1v) is 9.74. The molecule has 4 atom stereocenters. The van der Waals surface area contributed by atoms with E-state index in [4.69, 9.17) is 4.74 Å². The van der Waals surface area contributed by atoms with Crippen molar-refractivity contribution < 1.29 is 19.1 Å². The molecule has 6 nitrogen and oxygen atoms in total. The molecule has 0 bridgehead atoms. The summed E-state index contributed by atoms with van der Waals surface area (Å²) in [6, 6.07) is 7.56. The number of ether oxygens (including phenoxy) is 1. The second-order valence-electron chi connectivity index (χ2n) is 6.97. The molecule has 2 aliphatic rings. The maximum absolute atomic E-state index is 12.7. The first-order valence-electron chi connectivity index (χ1n) is 8.75. The van der Waals surface area contributed by atoms with Gasteiger partial charge in [-0.2, -0.15) is 0 Å². The number of carbonyl (C=O) groups excluding carboxylic acids is 3. The van der Waals surface area contributed by atoms with Crippen LogP contribution in [-0.4, -0.2) is 48.1 Å². The first-order chi connectivity index (χ1) is 12.3. The van der Waals surface area contributed by atoms with Crippen LogP contribution in [0.4, 0.5) is 0 Å². The zero-order valence-corrected chi connectivity index (χ0v) is 16.3. The number of hydrogen-bond acceptors (Lipinski definition) is 6. The fraction of sp³-hybridized carbons (Fsp3) is 0.526. The second kappa shape index (κ2) is 7.04. The molecule has 2 saturated heterocycles. The molecule has 2 aliphatic heterocycles.